The number of thiophene rings is 1. The normalized spacial score (nSPS) is 15.1. The number of fused-ring (bicyclic) bond motifs is 1. The molecule has 0 amide bonds. The molecule has 2 heterocycles. The fraction of sp³-hybridized carbons (Fsp3) is 0.538. The van der Waals surface area contributed by atoms with Crippen molar-refractivity contribution in [2.24, 2.45) is 0 Å². The molecule has 3 rings (SSSR count). The lowest BCUT2D eigenvalue weighted by atomic mass is 10.3. The number of anilines is 1. The van der Waals surface area contributed by atoms with Gasteiger partial charge in [-0.15, -0.1) is 11.3 Å². The van der Waals surface area contributed by atoms with Gasteiger partial charge in [0.2, 0.25) is 5.28 Å². The minimum Gasteiger partial charge on any atom is -0.395 e. The highest BCUT2D eigenvalue weighted by molar-refractivity contribution is 7.18. The smallest absolute Gasteiger partial charge is 0.225 e. The quantitative estimate of drug-likeness (QED) is 0.862. The fourth-order valence-corrected chi connectivity index (χ4v) is 3.46. The van der Waals surface area contributed by atoms with Crippen molar-refractivity contribution in [3.8, 4) is 0 Å². The summed E-state index contributed by atoms with van der Waals surface area (Å²) in [6.45, 7) is 2.86. The van der Waals surface area contributed by atoms with Crippen molar-refractivity contribution in [2.75, 3.05) is 18.1 Å². The minimum absolute atomic E-state index is 0.129. The Hall–Kier alpha value is -0.910. The highest BCUT2D eigenvalue weighted by Crippen LogP contribution is 2.37. The lowest BCUT2D eigenvalue weighted by Gasteiger charge is -2.23. The lowest BCUT2D eigenvalue weighted by molar-refractivity contribution is 0.301. The van der Waals surface area contributed by atoms with Gasteiger partial charge in [0, 0.05) is 17.5 Å². The van der Waals surface area contributed by atoms with Gasteiger partial charge in [-0.3, -0.25) is 0 Å². The molecule has 0 spiro atoms. The molecule has 0 aromatic carbocycles. The summed E-state index contributed by atoms with van der Waals surface area (Å²) in [6, 6.07) is 2.64. The molecule has 19 heavy (non-hydrogen) atoms. The van der Waals surface area contributed by atoms with E-state index < -0.39 is 0 Å². The van der Waals surface area contributed by atoms with Crippen LogP contribution < -0.4 is 4.90 Å². The summed E-state index contributed by atoms with van der Waals surface area (Å²) in [4.78, 5) is 13.1. The zero-order chi connectivity index (χ0) is 13.4. The van der Waals surface area contributed by atoms with Crippen LogP contribution in [-0.2, 0) is 6.42 Å². The third kappa shape index (κ3) is 2.55. The van der Waals surface area contributed by atoms with Crippen LogP contribution in [0, 0.1) is 0 Å². The number of nitrogens with zero attached hydrogens (tertiary/aromatic N) is 3. The monoisotopic (exact) mass is 297 g/mol. The van der Waals surface area contributed by atoms with Crippen molar-refractivity contribution in [1.82, 2.24) is 9.97 Å². The van der Waals surface area contributed by atoms with Crippen LogP contribution in [0.2, 0.25) is 5.28 Å². The Labute approximate surface area is 121 Å². The zero-order valence-corrected chi connectivity index (χ0v) is 12.3. The van der Waals surface area contributed by atoms with Crippen molar-refractivity contribution in [2.45, 2.75) is 32.2 Å². The predicted octanol–water partition coefficient (Wildman–Crippen LogP) is 2.87. The molecule has 0 aliphatic heterocycles. The van der Waals surface area contributed by atoms with Gasteiger partial charge < -0.3 is 10.0 Å². The second-order valence-corrected chi connectivity index (χ2v) is 6.20. The second kappa shape index (κ2) is 5.23. The van der Waals surface area contributed by atoms with Gasteiger partial charge in [0.15, 0.2) is 0 Å². The predicted molar refractivity (Wildman–Crippen MR) is 79.3 cm³/mol. The molecule has 1 fully saturated rings. The van der Waals surface area contributed by atoms with Crippen LogP contribution in [-0.4, -0.2) is 34.3 Å². The van der Waals surface area contributed by atoms with Crippen molar-refractivity contribution >= 4 is 39.0 Å². The average Bonchev–Trinajstić information content (AvgIpc) is 3.14. The largest absolute Gasteiger partial charge is 0.395 e. The Balaban J connectivity index is 2.11. The topological polar surface area (TPSA) is 49.2 Å². The number of hydrogen-bond acceptors (Lipinski definition) is 5. The fourth-order valence-electron chi connectivity index (χ4n) is 2.28. The number of aromatic nitrogens is 2. The maximum atomic E-state index is 9.25. The van der Waals surface area contributed by atoms with Crippen molar-refractivity contribution in [3.63, 3.8) is 0 Å². The average molecular weight is 298 g/mol. The van der Waals surface area contributed by atoms with Crippen LogP contribution in [0.4, 0.5) is 5.82 Å². The van der Waals surface area contributed by atoms with Crippen LogP contribution in [0.5, 0.6) is 0 Å². The number of hydrogen-bond donors (Lipinski definition) is 1. The van der Waals surface area contributed by atoms with E-state index in [4.69, 9.17) is 11.6 Å². The maximum Gasteiger partial charge on any atom is 0.225 e. The Morgan fingerprint density at radius 3 is 2.89 bits per heavy atom. The zero-order valence-electron chi connectivity index (χ0n) is 10.8. The van der Waals surface area contributed by atoms with Gasteiger partial charge in [0.1, 0.15) is 10.6 Å². The maximum absolute atomic E-state index is 9.25. The number of aryl methyl sites for hydroxylation is 1. The van der Waals surface area contributed by atoms with Crippen molar-refractivity contribution in [1.29, 1.82) is 0 Å². The van der Waals surface area contributed by atoms with Crippen LogP contribution in [0.15, 0.2) is 6.07 Å². The van der Waals surface area contributed by atoms with Crippen molar-refractivity contribution < 1.29 is 5.11 Å². The highest BCUT2D eigenvalue weighted by Gasteiger charge is 2.31. The Morgan fingerprint density at radius 2 is 2.26 bits per heavy atom. The number of aliphatic hydroxyl groups excluding tert-OH is 1. The summed E-state index contributed by atoms with van der Waals surface area (Å²) in [5.41, 5.74) is 0. The third-order valence-electron chi connectivity index (χ3n) is 3.35. The molecule has 6 heteroatoms. The molecule has 1 saturated carbocycles. The first kappa shape index (κ1) is 13.1. The van der Waals surface area contributed by atoms with Gasteiger partial charge in [-0.25, -0.2) is 4.98 Å². The molecule has 0 bridgehead atoms. The van der Waals surface area contributed by atoms with Gasteiger partial charge in [0.25, 0.3) is 0 Å². The van der Waals surface area contributed by atoms with E-state index in [1.54, 1.807) is 11.3 Å². The number of rotatable bonds is 5. The summed E-state index contributed by atoms with van der Waals surface area (Å²) in [5.74, 6) is 0.877. The van der Waals surface area contributed by atoms with Gasteiger partial charge in [-0.2, -0.15) is 4.98 Å². The standard InChI is InChI=1S/C13H16ClN3OS/c1-2-9-7-10-11(15-13(14)16-12(10)19-9)17(5-6-18)8-3-4-8/h7-8,18H,2-6H2,1H3. The molecule has 1 aliphatic rings. The SMILES string of the molecule is CCc1cc2c(N(CCO)C3CC3)nc(Cl)nc2s1. The van der Waals surface area contributed by atoms with Crippen LogP contribution >= 0.6 is 22.9 Å². The van der Waals surface area contributed by atoms with Gasteiger partial charge in [0.05, 0.1) is 12.0 Å². The van der Waals surface area contributed by atoms with E-state index >= 15 is 0 Å². The van der Waals surface area contributed by atoms with Crippen LogP contribution in [0.3, 0.4) is 0 Å². The minimum atomic E-state index is 0.129. The Kier molecular flexibility index (Phi) is 3.60. The van der Waals surface area contributed by atoms with E-state index in [0.29, 0.717) is 12.6 Å². The van der Waals surface area contributed by atoms with E-state index in [-0.39, 0.29) is 11.9 Å². The first-order chi connectivity index (χ1) is 9.22. The molecule has 4 nitrogen and oxygen atoms in total. The Morgan fingerprint density at radius 1 is 1.47 bits per heavy atom. The molecule has 1 aliphatic carbocycles. The molecule has 102 valence electrons. The van der Waals surface area contributed by atoms with E-state index in [9.17, 15) is 5.11 Å². The molecule has 0 saturated heterocycles. The molecule has 1 N–H and O–H groups in total. The molecule has 2 aromatic heterocycles. The summed E-state index contributed by atoms with van der Waals surface area (Å²) in [7, 11) is 0. The van der Waals surface area contributed by atoms with Crippen molar-refractivity contribution in [3.05, 3.63) is 16.2 Å². The number of aliphatic hydroxyl groups is 1. The molecule has 0 radical (unpaired) electrons. The number of halogens is 1. The molecular formula is C13H16ClN3OS. The van der Waals surface area contributed by atoms with E-state index in [1.165, 1.54) is 4.88 Å². The molecule has 0 atom stereocenters. The summed E-state index contributed by atoms with van der Waals surface area (Å²) < 4.78 is 0. The van der Waals surface area contributed by atoms with E-state index in [1.807, 2.05) is 0 Å². The van der Waals surface area contributed by atoms with E-state index in [2.05, 4.69) is 27.9 Å². The first-order valence-electron chi connectivity index (χ1n) is 6.56. The summed E-state index contributed by atoms with van der Waals surface area (Å²) in [5, 5.41) is 10.6. The summed E-state index contributed by atoms with van der Waals surface area (Å²) >= 11 is 7.71. The van der Waals surface area contributed by atoms with Gasteiger partial charge in [-0.05, 0) is 36.9 Å². The lowest BCUT2D eigenvalue weighted by Crippen LogP contribution is -2.30. The first-order valence-corrected chi connectivity index (χ1v) is 7.75. The third-order valence-corrected chi connectivity index (χ3v) is 4.69. The van der Waals surface area contributed by atoms with Crippen LogP contribution in [0.1, 0.15) is 24.6 Å². The van der Waals surface area contributed by atoms with E-state index in [0.717, 1.165) is 35.3 Å². The molecular weight excluding hydrogens is 282 g/mol. The Bertz CT molecular complexity index is 597. The second-order valence-electron chi connectivity index (χ2n) is 4.75. The van der Waals surface area contributed by atoms with Crippen LogP contribution in [0.25, 0.3) is 10.2 Å². The van der Waals surface area contributed by atoms with Gasteiger partial charge in [-0.1, -0.05) is 6.92 Å². The highest BCUT2D eigenvalue weighted by atomic mass is 35.5. The molecule has 2 aromatic rings. The summed E-state index contributed by atoms with van der Waals surface area (Å²) in [6.07, 6.45) is 3.31. The molecule has 0 unspecified atom stereocenters. The van der Waals surface area contributed by atoms with Gasteiger partial charge >= 0.3 is 0 Å².